The molecule has 2 aliphatic rings. The molecular formula is C119H181Cl2LiN10O8. The van der Waals surface area contributed by atoms with Crippen LogP contribution in [0.15, 0.2) is 218 Å². The first-order valence-corrected chi connectivity index (χ1v) is 47.0. The van der Waals surface area contributed by atoms with E-state index in [1.54, 1.807) is 65.8 Å². The van der Waals surface area contributed by atoms with Gasteiger partial charge in [-0.3, -0.25) is 39.4 Å². The normalized spacial score (nSPS) is 12.6. The minimum atomic E-state index is -0.378. The van der Waals surface area contributed by atoms with Gasteiger partial charge in [-0.05, 0) is 191 Å². The molecule has 0 radical (unpaired) electrons. The largest absolute Gasteiger partial charge is 1.00 e. The number of para-hydroxylation sites is 4. The van der Waals surface area contributed by atoms with E-state index in [9.17, 15) is 39.4 Å². The van der Waals surface area contributed by atoms with Gasteiger partial charge in [0.15, 0.2) is 0 Å². The average Bonchev–Trinajstić information content (AvgIpc) is 1.70. The molecule has 9 aromatic carbocycles. The second kappa shape index (κ2) is 59.9. The Bertz CT molecular complexity index is 5540. The topological polar surface area (TPSA) is 304 Å². The summed E-state index contributed by atoms with van der Waals surface area (Å²) < 4.78 is 10.0. The summed E-state index contributed by atoms with van der Waals surface area (Å²) in [6, 6.07) is 72.0. The standard InChI is InChI=1S/2C13H18O.C12H16N2O2.C12H14N2O2.C12H16N2.C12H17N.C12H15N.2C7H9N.2C5H9ClO.C4H9.5CH4.Li.H2/c2*1-10-7-5-6-8-11(10)9-12(14)13(2,3)4;2*1-12(2,3)11-6-8-4-5-9(14(15)16)7-10(8)13-11;1-12(2,3)11-6-8-4-5-9(13)7-10(8)14-11;2*1-12(2,3)11-8-9-6-4-5-7-10(9)13-11;2*1-6-4-2-3-5-7(6)8;2*1-5(2,3)4(6)7;1-3-4-2;;;;;;;/h2*5-8H,9H2,1-4H3;4-5,7,11,13H,6H2,1-3H3;4-7,13H,1-3H3;4-7,14H,13H2,1-3H3;4-7,11,13H,8H2,1-3H3;4-8,13H,1-3H3;2*2-5H,8H2,1H3;2*1-3H3;1,3-4H2,2H3;5*1H4;;1H/q;;;;;;;;;;;-1;;;;;;+1;/i;;;;;;;;;;;;;;;;;;1+1D. The van der Waals surface area contributed by atoms with Crippen molar-refractivity contribution in [2.24, 2.45) is 32.5 Å². The summed E-state index contributed by atoms with van der Waals surface area (Å²) in [7, 11) is 0. The number of ketones is 2. The number of hydrogen-bond acceptors (Lipinski definition) is 13. The number of H-pyrrole nitrogens is 3. The number of nitro groups is 2. The zero-order valence-electron chi connectivity index (χ0n) is 89.5. The molecule has 0 saturated heterocycles. The number of nitrogens with zero attached hydrogens (tertiary/aromatic N) is 2. The summed E-state index contributed by atoms with van der Waals surface area (Å²) in [5, 5.41) is 31.2. The van der Waals surface area contributed by atoms with Crippen LogP contribution in [0.25, 0.3) is 32.7 Å². The number of nitro benzene ring substituents is 2. The van der Waals surface area contributed by atoms with Crippen LogP contribution in [0.3, 0.4) is 0 Å². The molecule has 12 aromatic rings. The molecule has 14 rings (SSSR count). The molecule has 0 bridgehead atoms. The maximum Gasteiger partial charge on any atom is 1.00 e. The number of non-ortho nitro benzene ring substituents is 2. The zero-order chi connectivity index (χ0) is 104. The Labute approximate surface area is 870 Å². The number of unbranched alkanes of at least 4 members (excludes halogenated alkanes) is 1. The van der Waals surface area contributed by atoms with Gasteiger partial charge >= 0.3 is 18.9 Å². The number of nitrogens with two attached hydrogens (primary N) is 3. The van der Waals surface area contributed by atoms with Crippen LogP contribution in [0, 0.1) is 87.3 Å². The fourth-order valence-corrected chi connectivity index (χ4v) is 12.1. The number of fused-ring (bicyclic) bond motifs is 5. The van der Waals surface area contributed by atoms with Crippen molar-refractivity contribution >= 4 is 118 Å². The van der Waals surface area contributed by atoms with Gasteiger partial charge in [0.05, 0.1) is 15.4 Å². The van der Waals surface area contributed by atoms with E-state index >= 15 is 0 Å². The van der Waals surface area contributed by atoms with E-state index in [0.717, 1.165) is 80.0 Å². The van der Waals surface area contributed by atoms with Crippen molar-refractivity contribution in [3.05, 3.63) is 307 Å². The van der Waals surface area contributed by atoms with Crippen molar-refractivity contribution in [3.63, 3.8) is 0 Å². The van der Waals surface area contributed by atoms with Crippen LogP contribution in [0.2, 0.25) is 0 Å². The third-order valence-electron chi connectivity index (χ3n) is 22.1. The Morgan fingerprint density at radius 3 is 0.993 bits per heavy atom. The van der Waals surface area contributed by atoms with Crippen molar-refractivity contribution in [1.29, 1.82) is 0 Å². The Balaban J connectivity index is -0.000000484. The minimum absolute atomic E-state index is 0. The van der Waals surface area contributed by atoms with Crippen LogP contribution in [-0.2, 0) is 61.1 Å². The summed E-state index contributed by atoms with van der Waals surface area (Å²) >= 11 is 10.2. The molecule has 21 heteroatoms. The molecule has 5 heterocycles. The number of halogens is 2. The van der Waals surface area contributed by atoms with Crippen molar-refractivity contribution in [1.82, 2.24) is 15.0 Å². The summed E-state index contributed by atoms with van der Waals surface area (Å²) in [6.07, 6.45) is 5.49. The number of aromatic nitrogens is 3. The van der Waals surface area contributed by atoms with E-state index in [-0.39, 0.29) is 131 Å². The van der Waals surface area contributed by atoms with Crippen molar-refractivity contribution in [3.8, 4) is 0 Å². The first-order valence-electron chi connectivity index (χ1n) is 47.2. The smallest absolute Gasteiger partial charge is 0.399 e. The summed E-state index contributed by atoms with van der Waals surface area (Å²) in [5.41, 5.74) is 37.9. The number of anilines is 5. The van der Waals surface area contributed by atoms with Gasteiger partial charge in [-0.2, -0.15) is 6.42 Å². The van der Waals surface area contributed by atoms with E-state index in [0.29, 0.717) is 41.9 Å². The molecule has 770 valence electrons. The van der Waals surface area contributed by atoms with Crippen molar-refractivity contribution < 1.29 is 50.9 Å². The van der Waals surface area contributed by atoms with Crippen LogP contribution in [0.5, 0.6) is 0 Å². The first-order chi connectivity index (χ1) is 62.6. The Hall–Kier alpha value is -10.7. The molecule has 140 heavy (non-hydrogen) atoms. The van der Waals surface area contributed by atoms with Crippen LogP contribution >= 0.6 is 23.2 Å². The molecule has 18 nitrogen and oxygen atoms in total. The number of nitrogen functional groups attached to an aromatic ring is 3. The van der Waals surface area contributed by atoms with Gasteiger partial charge in [-0.15, -0.1) is 0 Å². The van der Waals surface area contributed by atoms with E-state index in [2.05, 4.69) is 210 Å². The van der Waals surface area contributed by atoms with E-state index < -0.39 is 0 Å². The molecular weight excluding hydrogens is 1780 g/mol. The molecule has 11 N–H and O–H groups in total. The van der Waals surface area contributed by atoms with Gasteiger partial charge in [0.1, 0.15) is 11.6 Å². The van der Waals surface area contributed by atoms with Gasteiger partial charge in [0, 0.05) is 152 Å². The third kappa shape index (κ3) is 48.2. The van der Waals surface area contributed by atoms with Gasteiger partial charge in [0.25, 0.3) is 11.4 Å². The van der Waals surface area contributed by atoms with Gasteiger partial charge in [0.2, 0.25) is 10.5 Å². The molecule has 0 amide bonds. The number of carbonyl (C=O) groups is 4. The maximum absolute atomic E-state index is 11.8. The summed E-state index contributed by atoms with van der Waals surface area (Å²) in [5.74, 6) is 0.596. The fraction of sp³-hybridized carbons (Fsp3) is 0.454. The fourth-order valence-electron chi connectivity index (χ4n) is 12.1. The summed E-state index contributed by atoms with van der Waals surface area (Å²) in [4.78, 5) is 74.7. The van der Waals surface area contributed by atoms with E-state index in [1.165, 1.54) is 74.5 Å². The number of Topliss-reactive ketones (excluding diaryl/α,β-unsaturated/α-hetero) is 2. The quantitative estimate of drug-likeness (QED) is 0.0184. The number of aryl methyl sites for hydroxylation is 4. The SMILES string of the molecule is C.C.C.C.C.CC(C)(C)C(=O)Cl.CC(C)(C)C(=O)Cl.CC(C)(C)C1Cc2ccc([N+](=O)[O-])cc2N1.CC(C)(C)C1Cc2ccccc2N1.CC(C)(C)c1cc2ccc(N)cc2[nH]1.CC(C)(C)c1cc2ccc([N+](=O)[O-])cc2[nH]1.CC(C)(C)c1cc2ccccc2[nH]1.Cc1ccccc1CC(=O)C(C)(C)C.Cc1ccccc1CC(=O)C(C)(C)C.Cc1ccccc1N.Cc1ccccc1N.[2H][2H].[CH2-]CCC.[Li+]. The van der Waals surface area contributed by atoms with Crippen molar-refractivity contribution in [2.45, 2.75) is 326 Å². The molecule has 2 atom stereocenters. The Kier molecular flexibility index (Phi) is 57.0. The van der Waals surface area contributed by atoms with E-state index in [1.807, 2.05) is 191 Å². The molecule has 0 saturated carbocycles. The third-order valence-corrected chi connectivity index (χ3v) is 23.3. The van der Waals surface area contributed by atoms with Crippen LogP contribution < -0.4 is 46.7 Å². The average molecular weight is 1960 g/mol. The predicted octanol–water partition coefficient (Wildman–Crippen LogP) is 31.0. The van der Waals surface area contributed by atoms with Crippen molar-refractivity contribution in [2.75, 3.05) is 27.8 Å². The van der Waals surface area contributed by atoms with Gasteiger partial charge in [-0.25, -0.2) is 0 Å². The van der Waals surface area contributed by atoms with E-state index in [4.69, 9.17) is 43.4 Å². The molecule has 0 aliphatic carbocycles. The number of aromatic amines is 3. The number of rotatable bonds is 7. The number of benzene rings is 9. The molecule has 3 aromatic heterocycles. The van der Waals surface area contributed by atoms with Crippen LogP contribution in [0.4, 0.5) is 39.8 Å². The molecule has 0 spiro atoms. The number of hydrogen-bond donors (Lipinski definition) is 8. The first kappa shape index (κ1) is 133. The Morgan fingerprint density at radius 1 is 0.386 bits per heavy atom. The predicted molar refractivity (Wildman–Crippen MR) is 609 cm³/mol. The second-order valence-electron chi connectivity index (χ2n) is 43.7. The van der Waals surface area contributed by atoms with Gasteiger partial charge in [-0.1, -0.05) is 371 Å². The summed E-state index contributed by atoms with van der Waals surface area (Å²) in [6.45, 7) is 69.2. The molecule has 0 fully saturated rings. The minimum Gasteiger partial charge on any atom is -0.399 e. The maximum atomic E-state index is 11.8. The zero-order valence-corrected chi connectivity index (χ0v) is 89.0. The van der Waals surface area contributed by atoms with Crippen LogP contribution in [0.1, 0.15) is 308 Å². The Morgan fingerprint density at radius 2 is 0.679 bits per heavy atom. The molecule has 2 unspecified atom stereocenters. The van der Waals surface area contributed by atoms with Crippen LogP contribution in [-0.4, -0.2) is 58.9 Å². The number of nitrogens with one attached hydrogen (secondary N) is 5. The monoisotopic (exact) mass is 1960 g/mol. The molecule has 2 aliphatic heterocycles. The van der Waals surface area contributed by atoms with Gasteiger partial charge < -0.3 is 49.7 Å². The second-order valence-corrected chi connectivity index (χ2v) is 44.4. The number of carbonyl (C=O) groups excluding carboxylic acids is 4.